The number of nitrogens with zero attached hydrogens (tertiary/aromatic N) is 4. The number of aromatic nitrogens is 3. The average Bonchev–Trinajstić information content (AvgIpc) is 3.41. The van der Waals surface area contributed by atoms with Gasteiger partial charge in [-0.15, -0.1) is 0 Å². The normalized spacial score (nSPS) is 21.5. The maximum absolute atomic E-state index is 13.5. The van der Waals surface area contributed by atoms with Gasteiger partial charge in [-0.05, 0) is 36.1 Å². The number of benzene rings is 2. The standard InChI is InChI=1S/C22H22N4O2/c27-22(19-11-10-16-6-4-5-9-18(16)19)25-12-13-28-14-20(25)21-23-15-24-26(21)17-7-2-1-3-8-17/h1-9,15,19-20H,10-14H2. The molecule has 28 heavy (non-hydrogen) atoms. The molecular formula is C22H22N4O2. The van der Waals surface area contributed by atoms with Crippen LogP contribution >= 0.6 is 0 Å². The molecule has 6 nitrogen and oxygen atoms in total. The number of morpholine rings is 1. The summed E-state index contributed by atoms with van der Waals surface area (Å²) in [5, 5.41) is 4.40. The summed E-state index contributed by atoms with van der Waals surface area (Å²) >= 11 is 0. The third-order valence-corrected chi connectivity index (χ3v) is 5.72. The molecule has 0 spiro atoms. The Balaban J connectivity index is 1.47. The number of aryl methyl sites for hydroxylation is 1. The van der Waals surface area contributed by atoms with E-state index in [1.807, 2.05) is 52.0 Å². The second kappa shape index (κ2) is 7.20. The Hall–Kier alpha value is -2.99. The molecule has 2 aromatic carbocycles. The van der Waals surface area contributed by atoms with Crippen molar-refractivity contribution in [2.75, 3.05) is 19.8 Å². The van der Waals surface area contributed by atoms with Crippen molar-refractivity contribution in [1.29, 1.82) is 0 Å². The van der Waals surface area contributed by atoms with E-state index in [9.17, 15) is 4.79 Å². The fourth-order valence-electron chi connectivity index (χ4n) is 4.34. The summed E-state index contributed by atoms with van der Waals surface area (Å²) < 4.78 is 7.54. The molecule has 1 aliphatic heterocycles. The van der Waals surface area contributed by atoms with Crippen molar-refractivity contribution in [3.63, 3.8) is 0 Å². The van der Waals surface area contributed by atoms with E-state index in [0.29, 0.717) is 19.8 Å². The molecule has 2 atom stereocenters. The first-order chi connectivity index (χ1) is 13.8. The second-order valence-electron chi connectivity index (χ2n) is 7.28. The number of para-hydroxylation sites is 1. The van der Waals surface area contributed by atoms with Crippen LogP contribution in [0.3, 0.4) is 0 Å². The number of carbonyl (C=O) groups is 1. The summed E-state index contributed by atoms with van der Waals surface area (Å²) in [5.41, 5.74) is 3.39. The lowest BCUT2D eigenvalue weighted by Crippen LogP contribution is -2.46. The zero-order chi connectivity index (χ0) is 18.9. The number of rotatable bonds is 3. The van der Waals surface area contributed by atoms with Crippen LogP contribution in [0.1, 0.15) is 35.3 Å². The maximum atomic E-state index is 13.5. The van der Waals surface area contributed by atoms with Crippen LogP contribution in [0, 0.1) is 0 Å². The minimum atomic E-state index is -0.239. The van der Waals surface area contributed by atoms with Gasteiger partial charge in [0.15, 0.2) is 5.82 Å². The molecule has 1 amide bonds. The van der Waals surface area contributed by atoms with E-state index < -0.39 is 0 Å². The van der Waals surface area contributed by atoms with Crippen molar-refractivity contribution in [2.45, 2.75) is 24.8 Å². The summed E-state index contributed by atoms with van der Waals surface area (Å²) in [4.78, 5) is 20.0. The Morgan fingerprint density at radius 3 is 2.79 bits per heavy atom. The number of carbonyl (C=O) groups excluding carboxylic acids is 1. The molecule has 1 saturated heterocycles. The van der Waals surface area contributed by atoms with Gasteiger partial charge in [-0.1, -0.05) is 42.5 Å². The van der Waals surface area contributed by atoms with Gasteiger partial charge in [-0.25, -0.2) is 9.67 Å². The molecule has 0 saturated carbocycles. The van der Waals surface area contributed by atoms with Crippen LogP contribution in [0.5, 0.6) is 0 Å². The van der Waals surface area contributed by atoms with Crippen LogP contribution in [-0.4, -0.2) is 45.3 Å². The molecule has 142 valence electrons. The third kappa shape index (κ3) is 2.90. The molecule has 0 N–H and O–H groups in total. The molecular weight excluding hydrogens is 352 g/mol. The maximum Gasteiger partial charge on any atom is 0.230 e. The molecule has 0 bridgehead atoms. The Kier molecular flexibility index (Phi) is 4.41. The van der Waals surface area contributed by atoms with E-state index >= 15 is 0 Å². The first-order valence-corrected chi connectivity index (χ1v) is 9.74. The SMILES string of the molecule is O=C(C1CCc2ccccc21)N1CCOCC1c1ncnn1-c1ccccc1. The van der Waals surface area contributed by atoms with Gasteiger partial charge in [0.25, 0.3) is 0 Å². The number of ether oxygens (including phenoxy) is 1. The zero-order valence-corrected chi connectivity index (χ0v) is 15.6. The molecule has 3 aromatic rings. The Bertz CT molecular complexity index is 985. The summed E-state index contributed by atoms with van der Waals surface area (Å²) in [6, 6.07) is 17.9. The predicted molar refractivity (Wildman–Crippen MR) is 104 cm³/mol. The minimum absolute atomic E-state index is 0.0788. The molecule has 6 heteroatoms. The van der Waals surface area contributed by atoms with Crippen molar-refractivity contribution in [1.82, 2.24) is 19.7 Å². The van der Waals surface area contributed by atoms with Gasteiger partial charge < -0.3 is 9.64 Å². The van der Waals surface area contributed by atoms with Crippen molar-refractivity contribution in [3.8, 4) is 5.69 Å². The van der Waals surface area contributed by atoms with E-state index in [-0.39, 0.29) is 17.9 Å². The highest BCUT2D eigenvalue weighted by Crippen LogP contribution is 2.36. The van der Waals surface area contributed by atoms with E-state index in [2.05, 4.69) is 22.2 Å². The highest BCUT2D eigenvalue weighted by atomic mass is 16.5. The van der Waals surface area contributed by atoms with Gasteiger partial charge in [0, 0.05) is 6.54 Å². The van der Waals surface area contributed by atoms with Gasteiger partial charge in [0.05, 0.1) is 24.8 Å². The van der Waals surface area contributed by atoms with Gasteiger partial charge in [0.1, 0.15) is 12.4 Å². The van der Waals surface area contributed by atoms with Gasteiger partial charge in [-0.2, -0.15) is 5.10 Å². The van der Waals surface area contributed by atoms with Crippen LogP contribution in [0.25, 0.3) is 5.69 Å². The molecule has 1 aromatic heterocycles. The smallest absolute Gasteiger partial charge is 0.230 e. The largest absolute Gasteiger partial charge is 0.377 e. The van der Waals surface area contributed by atoms with Crippen LogP contribution in [-0.2, 0) is 16.0 Å². The zero-order valence-electron chi connectivity index (χ0n) is 15.6. The van der Waals surface area contributed by atoms with Crippen molar-refractivity contribution >= 4 is 5.91 Å². The third-order valence-electron chi connectivity index (χ3n) is 5.72. The second-order valence-corrected chi connectivity index (χ2v) is 7.28. The molecule has 2 aliphatic rings. The Morgan fingerprint density at radius 2 is 1.89 bits per heavy atom. The van der Waals surface area contributed by atoms with E-state index in [0.717, 1.165) is 24.4 Å². The highest BCUT2D eigenvalue weighted by Gasteiger charge is 2.38. The van der Waals surface area contributed by atoms with Crippen LogP contribution in [0.15, 0.2) is 60.9 Å². The number of hydrogen-bond acceptors (Lipinski definition) is 4. The van der Waals surface area contributed by atoms with E-state index in [1.165, 1.54) is 11.1 Å². The number of amides is 1. The first-order valence-electron chi connectivity index (χ1n) is 9.74. The quantitative estimate of drug-likeness (QED) is 0.707. The molecule has 2 heterocycles. The van der Waals surface area contributed by atoms with Crippen LogP contribution < -0.4 is 0 Å². The van der Waals surface area contributed by atoms with Crippen LogP contribution in [0.4, 0.5) is 0 Å². The summed E-state index contributed by atoms with van der Waals surface area (Å²) in [7, 11) is 0. The number of fused-ring (bicyclic) bond motifs is 1. The molecule has 0 radical (unpaired) electrons. The van der Waals surface area contributed by atoms with Gasteiger partial charge in [0.2, 0.25) is 5.91 Å². The fraction of sp³-hybridized carbons (Fsp3) is 0.318. The van der Waals surface area contributed by atoms with Gasteiger partial charge in [-0.3, -0.25) is 4.79 Å². The summed E-state index contributed by atoms with van der Waals surface area (Å²) in [6.07, 6.45) is 3.37. The molecule has 2 unspecified atom stereocenters. The fourth-order valence-corrected chi connectivity index (χ4v) is 4.34. The lowest BCUT2D eigenvalue weighted by molar-refractivity contribution is -0.142. The molecule has 5 rings (SSSR count). The predicted octanol–water partition coefficient (Wildman–Crippen LogP) is 2.90. The van der Waals surface area contributed by atoms with Crippen molar-refractivity contribution in [2.24, 2.45) is 0 Å². The van der Waals surface area contributed by atoms with E-state index in [1.54, 1.807) is 6.33 Å². The minimum Gasteiger partial charge on any atom is -0.377 e. The first kappa shape index (κ1) is 17.1. The topological polar surface area (TPSA) is 60.3 Å². The lowest BCUT2D eigenvalue weighted by Gasteiger charge is -2.36. The van der Waals surface area contributed by atoms with Crippen LogP contribution in [0.2, 0.25) is 0 Å². The molecule has 1 fully saturated rings. The number of hydrogen-bond donors (Lipinski definition) is 0. The Morgan fingerprint density at radius 1 is 1.07 bits per heavy atom. The van der Waals surface area contributed by atoms with E-state index in [4.69, 9.17) is 4.74 Å². The van der Waals surface area contributed by atoms with Gasteiger partial charge >= 0.3 is 0 Å². The highest BCUT2D eigenvalue weighted by molar-refractivity contribution is 5.85. The van der Waals surface area contributed by atoms with Crippen molar-refractivity contribution in [3.05, 3.63) is 77.9 Å². The molecule has 1 aliphatic carbocycles. The average molecular weight is 374 g/mol. The summed E-state index contributed by atoms with van der Waals surface area (Å²) in [5.74, 6) is 0.830. The van der Waals surface area contributed by atoms with Crippen molar-refractivity contribution < 1.29 is 9.53 Å². The lowest BCUT2D eigenvalue weighted by atomic mass is 9.98. The summed E-state index contributed by atoms with van der Waals surface area (Å²) in [6.45, 7) is 1.56. The Labute approximate surface area is 163 Å². The monoisotopic (exact) mass is 374 g/mol.